The van der Waals surface area contributed by atoms with Crippen molar-refractivity contribution in [2.75, 3.05) is 0 Å². The van der Waals surface area contributed by atoms with E-state index in [1.165, 1.54) is 0 Å². The van der Waals surface area contributed by atoms with Crippen molar-refractivity contribution in [3.05, 3.63) is 41.3 Å². The Kier molecular flexibility index (Phi) is 2.68. The van der Waals surface area contributed by atoms with E-state index in [1.54, 1.807) is 6.20 Å². The average Bonchev–Trinajstić information content (AvgIpc) is 2.79. The molecule has 0 bridgehead atoms. The van der Waals surface area contributed by atoms with Crippen molar-refractivity contribution in [3.63, 3.8) is 0 Å². The van der Waals surface area contributed by atoms with Crippen molar-refractivity contribution >= 4 is 23.1 Å². The maximum atomic E-state index is 5.22. The Bertz CT molecular complexity index is 752. The molecule has 0 saturated carbocycles. The summed E-state index contributed by atoms with van der Waals surface area (Å²) in [4.78, 5) is 4.36. The predicted octanol–water partition coefficient (Wildman–Crippen LogP) is 3.18. The van der Waals surface area contributed by atoms with Gasteiger partial charge in [0.2, 0.25) is 0 Å². The molecular formula is C13H12N4S. The molecule has 2 heterocycles. The van der Waals surface area contributed by atoms with Gasteiger partial charge in [-0.3, -0.25) is 10.1 Å². The van der Waals surface area contributed by atoms with E-state index in [1.807, 2.05) is 28.8 Å². The minimum atomic E-state index is 0.647. The quantitative estimate of drug-likeness (QED) is 0.716. The molecule has 1 aromatic carbocycles. The Morgan fingerprint density at radius 3 is 2.94 bits per heavy atom. The van der Waals surface area contributed by atoms with Crippen molar-refractivity contribution in [1.82, 2.24) is 19.7 Å². The molecule has 0 aliphatic carbocycles. The van der Waals surface area contributed by atoms with E-state index in [2.05, 4.69) is 28.2 Å². The van der Waals surface area contributed by atoms with Gasteiger partial charge in [0.25, 0.3) is 0 Å². The van der Waals surface area contributed by atoms with E-state index in [0.29, 0.717) is 4.77 Å². The number of pyridine rings is 1. The lowest BCUT2D eigenvalue weighted by Gasteiger charge is -2.06. The minimum absolute atomic E-state index is 0.647. The average molecular weight is 256 g/mol. The van der Waals surface area contributed by atoms with E-state index in [4.69, 9.17) is 12.2 Å². The summed E-state index contributed by atoms with van der Waals surface area (Å²) in [6, 6.07) is 10.0. The first kappa shape index (κ1) is 11.1. The summed E-state index contributed by atoms with van der Waals surface area (Å²) < 4.78 is 2.63. The van der Waals surface area contributed by atoms with E-state index >= 15 is 0 Å². The van der Waals surface area contributed by atoms with Gasteiger partial charge in [-0.05, 0) is 31.3 Å². The second-order valence-electron chi connectivity index (χ2n) is 3.97. The van der Waals surface area contributed by atoms with Crippen LogP contribution in [0.3, 0.4) is 0 Å². The van der Waals surface area contributed by atoms with Crippen molar-refractivity contribution in [2.45, 2.75) is 13.5 Å². The van der Waals surface area contributed by atoms with Gasteiger partial charge in [-0.15, -0.1) is 0 Å². The van der Waals surface area contributed by atoms with Crippen LogP contribution in [0.4, 0.5) is 0 Å². The van der Waals surface area contributed by atoms with Crippen molar-refractivity contribution in [2.24, 2.45) is 0 Å². The Morgan fingerprint density at radius 2 is 2.11 bits per heavy atom. The number of nitrogens with zero attached hydrogens (tertiary/aromatic N) is 3. The number of hydrogen-bond donors (Lipinski definition) is 1. The van der Waals surface area contributed by atoms with Crippen LogP contribution in [0.25, 0.3) is 22.3 Å². The summed E-state index contributed by atoms with van der Waals surface area (Å²) >= 11 is 5.22. The van der Waals surface area contributed by atoms with Gasteiger partial charge in [0.1, 0.15) is 0 Å². The SMILES string of the molecule is CCn1c(-c2ccnc3ccccc23)n[nH]c1=S. The molecule has 18 heavy (non-hydrogen) atoms. The molecule has 3 aromatic rings. The Labute approximate surface area is 109 Å². The Morgan fingerprint density at radius 1 is 1.28 bits per heavy atom. The summed E-state index contributed by atoms with van der Waals surface area (Å²) in [6.07, 6.45) is 1.80. The molecule has 5 heteroatoms. The summed E-state index contributed by atoms with van der Waals surface area (Å²) in [6.45, 7) is 2.85. The highest BCUT2D eigenvalue weighted by atomic mass is 32.1. The molecule has 0 amide bonds. The minimum Gasteiger partial charge on any atom is -0.300 e. The van der Waals surface area contributed by atoms with E-state index in [-0.39, 0.29) is 0 Å². The first-order valence-corrected chi connectivity index (χ1v) is 6.21. The van der Waals surface area contributed by atoms with Crippen LogP contribution in [0.5, 0.6) is 0 Å². The summed E-state index contributed by atoms with van der Waals surface area (Å²) in [5, 5.41) is 8.26. The molecule has 0 atom stereocenters. The van der Waals surface area contributed by atoms with Crippen LogP contribution >= 0.6 is 12.2 Å². The zero-order valence-corrected chi connectivity index (χ0v) is 10.7. The van der Waals surface area contributed by atoms with Gasteiger partial charge in [-0.1, -0.05) is 18.2 Å². The first-order valence-electron chi connectivity index (χ1n) is 5.80. The van der Waals surface area contributed by atoms with Crippen molar-refractivity contribution in [1.29, 1.82) is 0 Å². The highest BCUT2D eigenvalue weighted by molar-refractivity contribution is 7.71. The van der Waals surface area contributed by atoms with Crippen LogP contribution in [0, 0.1) is 4.77 Å². The van der Waals surface area contributed by atoms with Crippen LogP contribution in [0.1, 0.15) is 6.92 Å². The molecule has 1 N–H and O–H groups in total. The highest BCUT2D eigenvalue weighted by Gasteiger charge is 2.10. The van der Waals surface area contributed by atoms with Crippen molar-refractivity contribution in [3.8, 4) is 11.4 Å². The summed E-state index contributed by atoms with van der Waals surface area (Å²) in [5.74, 6) is 0.862. The van der Waals surface area contributed by atoms with Gasteiger partial charge in [0.05, 0.1) is 5.52 Å². The predicted molar refractivity (Wildman–Crippen MR) is 73.8 cm³/mol. The molecule has 0 saturated heterocycles. The third-order valence-electron chi connectivity index (χ3n) is 2.96. The van der Waals surface area contributed by atoms with Crippen molar-refractivity contribution < 1.29 is 0 Å². The van der Waals surface area contributed by atoms with E-state index in [9.17, 15) is 0 Å². The number of rotatable bonds is 2. The summed E-state index contributed by atoms with van der Waals surface area (Å²) in [5.41, 5.74) is 2.02. The van der Waals surface area contributed by atoms with Gasteiger partial charge in [-0.2, -0.15) is 5.10 Å². The number of aromatic nitrogens is 4. The second-order valence-corrected chi connectivity index (χ2v) is 4.36. The van der Waals surface area contributed by atoms with Gasteiger partial charge >= 0.3 is 0 Å². The summed E-state index contributed by atoms with van der Waals surface area (Å²) in [7, 11) is 0. The zero-order valence-electron chi connectivity index (χ0n) is 9.92. The van der Waals surface area contributed by atoms with Gasteiger partial charge < -0.3 is 4.57 Å². The van der Waals surface area contributed by atoms with Crippen LogP contribution in [-0.4, -0.2) is 19.7 Å². The fourth-order valence-corrected chi connectivity index (χ4v) is 2.37. The molecule has 0 unspecified atom stereocenters. The Hall–Kier alpha value is -2.01. The van der Waals surface area contributed by atoms with Gasteiger partial charge in [-0.25, -0.2) is 0 Å². The molecule has 90 valence electrons. The molecule has 0 aliphatic rings. The third kappa shape index (κ3) is 1.64. The lowest BCUT2D eigenvalue weighted by molar-refractivity contribution is 0.756. The van der Waals surface area contributed by atoms with Gasteiger partial charge in [0.15, 0.2) is 10.6 Å². The van der Waals surface area contributed by atoms with E-state index in [0.717, 1.165) is 28.8 Å². The molecule has 0 aliphatic heterocycles. The molecule has 2 aromatic heterocycles. The van der Waals surface area contributed by atoms with Gasteiger partial charge in [0, 0.05) is 23.7 Å². The zero-order chi connectivity index (χ0) is 12.5. The Balaban J connectivity index is 2.35. The largest absolute Gasteiger partial charge is 0.300 e. The fourth-order valence-electron chi connectivity index (χ4n) is 2.11. The van der Waals surface area contributed by atoms with Crippen LogP contribution in [0.2, 0.25) is 0 Å². The van der Waals surface area contributed by atoms with Crippen LogP contribution < -0.4 is 0 Å². The molecular weight excluding hydrogens is 244 g/mol. The number of aromatic amines is 1. The molecule has 4 nitrogen and oxygen atoms in total. The highest BCUT2D eigenvalue weighted by Crippen LogP contribution is 2.25. The first-order chi connectivity index (χ1) is 8.81. The number of fused-ring (bicyclic) bond motifs is 1. The fraction of sp³-hybridized carbons (Fsp3) is 0.154. The standard InChI is InChI=1S/C13H12N4S/c1-2-17-12(15-16-13(17)18)10-7-8-14-11-6-4-3-5-9(10)11/h3-8H,2H2,1H3,(H,16,18). The number of benzene rings is 1. The molecule has 0 radical (unpaired) electrons. The van der Waals surface area contributed by atoms with E-state index < -0.39 is 0 Å². The lowest BCUT2D eigenvalue weighted by Crippen LogP contribution is -1.98. The maximum Gasteiger partial charge on any atom is 0.195 e. The number of para-hydroxylation sites is 1. The number of nitrogens with one attached hydrogen (secondary N) is 1. The third-order valence-corrected chi connectivity index (χ3v) is 3.28. The maximum absolute atomic E-state index is 5.22. The normalized spacial score (nSPS) is 10.9. The van der Waals surface area contributed by atoms with Crippen LogP contribution in [-0.2, 0) is 6.54 Å². The second kappa shape index (κ2) is 4.34. The number of H-pyrrole nitrogens is 1. The lowest BCUT2D eigenvalue weighted by atomic mass is 10.1. The molecule has 3 rings (SSSR count). The molecule has 0 spiro atoms. The topological polar surface area (TPSA) is 46.5 Å². The smallest absolute Gasteiger partial charge is 0.195 e. The monoisotopic (exact) mass is 256 g/mol. The molecule has 0 fully saturated rings. The van der Waals surface area contributed by atoms with Crippen LogP contribution in [0.15, 0.2) is 36.5 Å². The number of hydrogen-bond acceptors (Lipinski definition) is 3.